The van der Waals surface area contributed by atoms with Crippen molar-refractivity contribution in [1.29, 1.82) is 0 Å². The van der Waals surface area contributed by atoms with Crippen LogP contribution in [0, 0.1) is 19.8 Å². The van der Waals surface area contributed by atoms with Gasteiger partial charge in [-0.15, -0.1) is 0 Å². The minimum absolute atomic E-state index is 0.0570. The Kier molecular flexibility index (Phi) is 7.72. The van der Waals surface area contributed by atoms with Crippen LogP contribution in [0.3, 0.4) is 0 Å². The summed E-state index contributed by atoms with van der Waals surface area (Å²) in [5.74, 6) is 0.170. The molecule has 5 aromatic rings. The van der Waals surface area contributed by atoms with Crippen LogP contribution in [0.2, 0.25) is 5.02 Å². The van der Waals surface area contributed by atoms with E-state index < -0.39 is 0 Å². The number of nitrogens with one attached hydrogen (secondary N) is 1. The molecular formula is C33H36ClN7O3. The van der Waals surface area contributed by atoms with Crippen molar-refractivity contribution in [3.05, 3.63) is 81.3 Å². The lowest BCUT2D eigenvalue weighted by atomic mass is 9.85. The summed E-state index contributed by atoms with van der Waals surface area (Å²) in [4.78, 5) is 35.8. The van der Waals surface area contributed by atoms with Gasteiger partial charge in [0.2, 0.25) is 0 Å². The Labute approximate surface area is 260 Å². The predicted octanol–water partition coefficient (Wildman–Crippen LogP) is 5.89. The van der Waals surface area contributed by atoms with Crippen LogP contribution in [0.15, 0.2) is 53.6 Å². The molecule has 0 spiro atoms. The van der Waals surface area contributed by atoms with E-state index in [2.05, 4.69) is 15.3 Å². The number of aromatic nitrogens is 6. The van der Waals surface area contributed by atoms with Gasteiger partial charge in [-0.3, -0.25) is 14.3 Å². The second kappa shape index (κ2) is 11.8. The molecule has 5 heterocycles. The number of fused-ring (bicyclic) bond motifs is 2. The largest absolute Gasteiger partial charge is 0.356 e. The third-order valence-corrected chi connectivity index (χ3v) is 9.38. The molecule has 0 bridgehead atoms. The molecule has 11 heteroatoms. The van der Waals surface area contributed by atoms with Crippen molar-refractivity contribution in [2.24, 2.45) is 5.92 Å². The Hall–Kier alpha value is -4.02. The number of hydrogen-bond acceptors (Lipinski definition) is 6. The second-order valence-corrected chi connectivity index (χ2v) is 12.5. The number of carbonyl (C=O) groups excluding carboxylic acids is 1. The average Bonchev–Trinajstić information content (AvgIpc) is 3.52. The molecule has 2 aliphatic rings. The monoisotopic (exact) mass is 613 g/mol. The van der Waals surface area contributed by atoms with Crippen LogP contribution in [-0.4, -0.2) is 47.4 Å². The van der Waals surface area contributed by atoms with Crippen LogP contribution in [0.25, 0.3) is 27.8 Å². The molecule has 228 valence electrons. The lowest BCUT2D eigenvalue weighted by Gasteiger charge is -2.29. The standard InChI is InChI=1S/C33H36ClN7O3/c1-20-27(16-23(34)18-36-20)32(42)37-24-10-8-22(9-11-24)19-39-29-6-5-14-35-31(29)40(33(39)43)25-12-13-28-26(17-25)21(2)38-41(28)30-7-3-4-15-44-30/h5-6,12-14,16-18,22,24,30H,3-4,7-11,15,19H2,1-2H3,(H,37,42). The Morgan fingerprint density at radius 2 is 1.86 bits per heavy atom. The highest BCUT2D eigenvalue weighted by molar-refractivity contribution is 6.30. The average molecular weight is 614 g/mol. The number of benzene rings is 1. The molecule has 2 fully saturated rings. The van der Waals surface area contributed by atoms with Gasteiger partial charge in [0.15, 0.2) is 11.9 Å². The van der Waals surface area contributed by atoms with Crippen molar-refractivity contribution in [2.45, 2.75) is 77.6 Å². The number of amides is 1. The first kappa shape index (κ1) is 28.7. The van der Waals surface area contributed by atoms with Gasteiger partial charge in [0, 0.05) is 37.0 Å². The summed E-state index contributed by atoms with van der Waals surface area (Å²) in [5, 5.41) is 9.43. The fourth-order valence-electron chi connectivity index (χ4n) is 6.80. The smallest absolute Gasteiger partial charge is 0.334 e. The van der Waals surface area contributed by atoms with Gasteiger partial charge in [-0.25, -0.2) is 19.0 Å². The number of halogens is 1. The summed E-state index contributed by atoms with van der Waals surface area (Å²) in [5.41, 5.74) is 5.22. The van der Waals surface area contributed by atoms with Gasteiger partial charge < -0.3 is 10.1 Å². The number of imidazole rings is 1. The van der Waals surface area contributed by atoms with Crippen molar-refractivity contribution < 1.29 is 9.53 Å². The van der Waals surface area contributed by atoms with E-state index in [0.717, 1.165) is 79.4 Å². The third-order valence-electron chi connectivity index (χ3n) is 9.17. The van der Waals surface area contributed by atoms with Crippen molar-refractivity contribution in [1.82, 2.24) is 34.2 Å². The van der Waals surface area contributed by atoms with Gasteiger partial charge >= 0.3 is 5.69 Å². The zero-order chi connectivity index (χ0) is 30.4. The van der Waals surface area contributed by atoms with E-state index >= 15 is 0 Å². The van der Waals surface area contributed by atoms with Crippen LogP contribution in [0.1, 0.15) is 72.9 Å². The molecule has 1 aromatic carbocycles. The predicted molar refractivity (Wildman–Crippen MR) is 169 cm³/mol. The highest BCUT2D eigenvalue weighted by Gasteiger charge is 2.27. The van der Waals surface area contributed by atoms with E-state index in [1.165, 1.54) is 0 Å². The first-order valence-electron chi connectivity index (χ1n) is 15.5. The third kappa shape index (κ3) is 5.30. The van der Waals surface area contributed by atoms with Crippen molar-refractivity contribution >= 4 is 39.6 Å². The topological polar surface area (TPSA) is 109 Å². The molecule has 1 saturated heterocycles. The molecule has 1 N–H and O–H groups in total. The van der Waals surface area contributed by atoms with Gasteiger partial charge in [-0.05, 0) is 101 Å². The summed E-state index contributed by atoms with van der Waals surface area (Å²) in [6.45, 7) is 5.16. The lowest BCUT2D eigenvalue weighted by Crippen LogP contribution is -2.39. The molecule has 1 saturated carbocycles. The van der Waals surface area contributed by atoms with Gasteiger partial charge in [-0.1, -0.05) is 11.6 Å². The van der Waals surface area contributed by atoms with E-state index in [-0.39, 0.29) is 23.9 Å². The van der Waals surface area contributed by atoms with E-state index in [9.17, 15) is 9.59 Å². The molecule has 4 aromatic heterocycles. The molecular weight excluding hydrogens is 578 g/mol. The van der Waals surface area contributed by atoms with E-state index in [1.807, 2.05) is 53.4 Å². The minimum Gasteiger partial charge on any atom is -0.356 e. The fourth-order valence-corrected chi connectivity index (χ4v) is 6.96. The highest BCUT2D eigenvalue weighted by atomic mass is 35.5. The Morgan fingerprint density at radius 3 is 2.66 bits per heavy atom. The molecule has 1 atom stereocenters. The number of carbonyl (C=O) groups is 1. The molecule has 7 rings (SSSR count). The van der Waals surface area contributed by atoms with Gasteiger partial charge in [-0.2, -0.15) is 5.10 Å². The zero-order valence-electron chi connectivity index (χ0n) is 25.0. The number of rotatable bonds is 6. The highest BCUT2D eigenvalue weighted by Crippen LogP contribution is 2.31. The molecule has 1 unspecified atom stereocenters. The summed E-state index contributed by atoms with van der Waals surface area (Å²) in [7, 11) is 0. The first-order valence-corrected chi connectivity index (χ1v) is 15.9. The lowest BCUT2D eigenvalue weighted by molar-refractivity contribution is -0.0368. The molecule has 1 aliphatic heterocycles. The number of pyridine rings is 2. The Balaban J connectivity index is 1.11. The van der Waals surface area contributed by atoms with Crippen LogP contribution in [0.4, 0.5) is 0 Å². The van der Waals surface area contributed by atoms with Crippen LogP contribution in [-0.2, 0) is 11.3 Å². The normalized spacial score (nSPS) is 20.8. The molecule has 10 nitrogen and oxygen atoms in total. The van der Waals surface area contributed by atoms with Crippen LogP contribution in [0.5, 0.6) is 0 Å². The first-order chi connectivity index (χ1) is 21.4. The summed E-state index contributed by atoms with van der Waals surface area (Å²) in [6, 6.07) is 11.6. The van der Waals surface area contributed by atoms with Gasteiger partial charge in [0.1, 0.15) is 0 Å². The quantitative estimate of drug-likeness (QED) is 0.256. The molecule has 44 heavy (non-hydrogen) atoms. The summed E-state index contributed by atoms with van der Waals surface area (Å²) in [6.07, 6.45) is 9.89. The maximum atomic E-state index is 14.0. The van der Waals surface area contributed by atoms with Gasteiger partial charge in [0.25, 0.3) is 5.91 Å². The fraction of sp³-hybridized carbons (Fsp3) is 0.424. The van der Waals surface area contributed by atoms with Crippen molar-refractivity contribution in [3.63, 3.8) is 0 Å². The molecule has 0 radical (unpaired) electrons. The van der Waals surface area contributed by atoms with Crippen LogP contribution >= 0.6 is 11.6 Å². The van der Waals surface area contributed by atoms with Crippen LogP contribution < -0.4 is 11.0 Å². The van der Waals surface area contributed by atoms with Gasteiger partial charge in [0.05, 0.1) is 38.7 Å². The minimum atomic E-state index is -0.143. The van der Waals surface area contributed by atoms with E-state index in [0.29, 0.717) is 34.4 Å². The number of aryl methyl sites for hydroxylation is 2. The molecule has 1 amide bonds. The number of hydrogen-bond donors (Lipinski definition) is 1. The number of nitrogens with zero attached hydrogens (tertiary/aromatic N) is 6. The maximum absolute atomic E-state index is 14.0. The van der Waals surface area contributed by atoms with Crippen molar-refractivity contribution in [2.75, 3.05) is 6.61 Å². The van der Waals surface area contributed by atoms with E-state index in [1.54, 1.807) is 23.0 Å². The van der Waals surface area contributed by atoms with E-state index in [4.69, 9.17) is 21.4 Å². The Morgan fingerprint density at radius 1 is 1.02 bits per heavy atom. The summed E-state index contributed by atoms with van der Waals surface area (Å²) < 4.78 is 11.6. The second-order valence-electron chi connectivity index (χ2n) is 12.1. The SMILES string of the molecule is Cc1ncc(Cl)cc1C(=O)NC1CCC(Cn2c(=O)n(-c3ccc4c(c3)c(C)nn4C3CCCCO3)c3ncccc32)CC1. The molecule has 1 aliphatic carbocycles. The Bertz CT molecular complexity index is 1910. The van der Waals surface area contributed by atoms with Crippen molar-refractivity contribution in [3.8, 4) is 5.69 Å². The zero-order valence-corrected chi connectivity index (χ0v) is 25.8. The number of ether oxygens (including phenoxy) is 1. The maximum Gasteiger partial charge on any atom is 0.334 e. The summed E-state index contributed by atoms with van der Waals surface area (Å²) >= 11 is 6.07.